The van der Waals surface area contributed by atoms with E-state index >= 15 is 0 Å². The predicted octanol–water partition coefficient (Wildman–Crippen LogP) is 3.27. The Morgan fingerprint density at radius 3 is 2.29 bits per heavy atom. The van der Waals surface area contributed by atoms with E-state index in [0.717, 1.165) is 38.0 Å². The fourth-order valence-corrected chi connectivity index (χ4v) is 3.76. The summed E-state index contributed by atoms with van der Waals surface area (Å²) in [5, 5.41) is 4.21. The lowest BCUT2D eigenvalue weighted by atomic mass is 9.76. The van der Waals surface area contributed by atoms with Crippen LogP contribution in [-0.4, -0.2) is 10.1 Å². The zero-order valence-corrected chi connectivity index (χ0v) is 12.2. The molecule has 0 spiro atoms. The molecular weight excluding hydrogens is 262 g/mol. The minimum Gasteiger partial charge on any atom is -0.338 e. The van der Waals surface area contributed by atoms with Crippen LogP contribution in [0.4, 0.5) is 0 Å². The molecule has 0 radical (unpaired) electrons. The van der Waals surface area contributed by atoms with E-state index in [4.69, 9.17) is 15.2 Å². The quantitative estimate of drug-likeness (QED) is 0.939. The molecule has 2 aromatic rings. The number of aromatic nitrogens is 2. The van der Waals surface area contributed by atoms with E-state index in [9.17, 15) is 0 Å². The Hall–Kier alpha value is -1.68. The summed E-state index contributed by atoms with van der Waals surface area (Å²) >= 11 is 0. The van der Waals surface area contributed by atoms with Crippen LogP contribution in [0.15, 0.2) is 34.9 Å². The molecule has 21 heavy (non-hydrogen) atoms. The van der Waals surface area contributed by atoms with Gasteiger partial charge in [-0.2, -0.15) is 4.98 Å². The summed E-state index contributed by atoms with van der Waals surface area (Å²) < 4.78 is 5.69. The molecule has 1 aromatic heterocycles. The van der Waals surface area contributed by atoms with Crippen molar-refractivity contribution in [2.24, 2.45) is 5.73 Å². The molecule has 1 heterocycles. The molecule has 0 aliphatic heterocycles. The van der Waals surface area contributed by atoms with Crippen LogP contribution in [0.3, 0.4) is 0 Å². The molecular formula is C17H21N3O. The van der Waals surface area contributed by atoms with Gasteiger partial charge in [-0.15, -0.1) is 0 Å². The third-order valence-corrected chi connectivity index (χ3v) is 5.31. The van der Waals surface area contributed by atoms with Crippen LogP contribution in [0.5, 0.6) is 0 Å². The minimum atomic E-state index is -0.349. The molecule has 4 heteroatoms. The first-order valence-corrected chi connectivity index (χ1v) is 7.92. The summed E-state index contributed by atoms with van der Waals surface area (Å²) in [7, 11) is 0. The van der Waals surface area contributed by atoms with E-state index < -0.39 is 0 Å². The summed E-state index contributed by atoms with van der Waals surface area (Å²) in [5.74, 6) is 1.46. The molecule has 110 valence electrons. The highest BCUT2D eigenvalue weighted by molar-refractivity contribution is 5.33. The Labute approximate surface area is 124 Å². The van der Waals surface area contributed by atoms with E-state index in [1.807, 2.05) is 0 Å². The van der Waals surface area contributed by atoms with Gasteiger partial charge in [0.05, 0.1) is 11.0 Å². The molecule has 4 nitrogen and oxygen atoms in total. The fourth-order valence-electron chi connectivity index (χ4n) is 3.76. The van der Waals surface area contributed by atoms with Crippen molar-refractivity contribution in [3.8, 4) is 0 Å². The summed E-state index contributed by atoms with van der Waals surface area (Å²) in [5.41, 5.74) is 7.17. The average Bonchev–Trinajstić information content (AvgIpc) is 3.15. The molecule has 4 rings (SSSR count). The van der Waals surface area contributed by atoms with Gasteiger partial charge in [0.1, 0.15) is 0 Å². The number of benzene rings is 1. The third kappa shape index (κ3) is 1.93. The highest BCUT2D eigenvalue weighted by Gasteiger charge is 2.45. The topological polar surface area (TPSA) is 64.9 Å². The summed E-state index contributed by atoms with van der Waals surface area (Å²) in [6, 6.07) is 10.6. The first-order chi connectivity index (χ1) is 10.2. The lowest BCUT2D eigenvalue weighted by molar-refractivity contribution is 0.227. The van der Waals surface area contributed by atoms with Crippen molar-refractivity contribution < 1.29 is 4.52 Å². The van der Waals surface area contributed by atoms with Crippen LogP contribution in [0, 0.1) is 0 Å². The maximum atomic E-state index is 6.33. The van der Waals surface area contributed by atoms with Crippen LogP contribution in [0.25, 0.3) is 0 Å². The Morgan fingerprint density at radius 2 is 1.67 bits per heavy atom. The smallest absolute Gasteiger partial charge is 0.237 e. The molecule has 0 unspecified atom stereocenters. The zero-order valence-electron chi connectivity index (χ0n) is 12.2. The van der Waals surface area contributed by atoms with Crippen molar-refractivity contribution in [2.45, 2.75) is 55.9 Å². The van der Waals surface area contributed by atoms with E-state index in [2.05, 4.69) is 35.5 Å². The molecule has 0 atom stereocenters. The Bertz CT molecular complexity index is 624. The van der Waals surface area contributed by atoms with Gasteiger partial charge in [-0.25, -0.2) is 0 Å². The molecule has 1 aromatic carbocycles. The molecule has 2 saturated carbocycles. The molecule has 0 amide bonds. The average molecular weight is 283 g/mol. The number of hydrogen-bond acceptors (Lipinski definition) is 4. The van der Waals surface area contributed by atoms with Crippen LogP contribution >= 0.6 is 0 Å². The molecule has 2 fully saturated rings. The number of rotatable bonds is 3. The minimum absolute atomic E-state index is 0.105. The van der Waals surface area contributed by atoms with Gasteiger partial charge in [-0.1, -0.05) is 48.3 Å². The first kappa shape index (κ1) is 13.0. The molecule has 2 aliphatic rings. The van der Waals surface area contributed by atoms with E-state index in [0.29, 0.717) is 5.82 Å². The van der Waals surface area contributed by atoms with Gasteiger partial charge in [0.15, 0.2) is 5.82 Å². The van der Waals surface area contributed by atoms with Gasteiger partial charge >= 0.3 is 0 Å². The van der Waals surface area contributed by atoms with Crippen molar-refractivity contribution in [2.75, 3.05) is 0 Å². The Kier molecular flexibility index (Phi) is 2.89. The summed E-state index contributed by atoms with van der Waals surface area (Å²) in [6.07, 6.45) is 7.66. The second-order valence-corrected chi connectivity index (χ2v) is 6.59. The zero-order chi connectivity index (χ0) is 14.3. The highest BCUT2D eigenvalue weighted by Crippen LogP contribution is 2.46. The van der Waals surface area contributed by atoms with Gasteiger partial charge in [-0.3, -0.25) is 0 Å². The van der Waals surface area contributed by atoms with Crippen molar-refractivity contribution in [3.05, 3.63) is 47.6 Å². The molecule has 0 bridgehead atoms. The fraction of sp³-hybridized carbons (Fsp3) is 0.529. The van der Waals surface area contributed by atoms with Crippen LogP contribution in [-0.2, 0) is 11.0 Å². The van der Waals surface area contributed by atoms with Crippen molar-refractivity contribution in [3.63, 3.8) is 0 Å². The molecule has 0 saturated heterocycles. The normalized spacial score (nSPS) is 22.9. The second-order valence-electron chi connectivity index (χ2n) is 6.59. The van der Waals surface area contributed by atoms with Crippen LogP contribution in [0.1, 0.15) is 62.2 Å². The Balaban J connectivity index is 1.75. The van der Waals surface area contributed by atoms with Gasteiger partial charge in [0.25, 0.3) is 0 Å². The monoisotopic (exact) mass is 283 g/mol. The van der Waals surface area contributed by atoms with Gasteiger partial charge in [0, 0.05) is 0 Å². The second kappa shape index (κ2) is 4.67. The van der Waals surface area contributed by atoms with Gasteiger partial charge in [0.2, 0.25) is 5.89 Å². The molecule has 2 N–H and O–H groups in total. The van der Waals surface area contributed by atoms with E-state index in [-0.39, 0.29) is 11.0 Å². The van der Waals surface area contributed by atoms with Gasteiger partial charge in [-0.05, 0) is 37.7 Å². The maximum absolute atomic E-state index is 6.33. The number of hydrogen-bond donors (Lipinski definition) is 1. The number of nitrogens with two attached hydrogens (primary N) is 1. The van der Waals surface area contributed by atoms with Gasteiger partial charge < -0.3 is 10.3 Å². The van der Waals surface area contributed by atoms with Crippen LogP contribution in [0.2, 0.25) is 0 Å². The lowest BCUT2D eigenvalue weighted by Crippen LogP contribution is -2.44. The maximum Gasteiger partial charge on any atom is 0.237 e. The van der Waals surface area contributed by atoms with E-state index in [1.54, 1.807) is 0 Å². The first-order valence-electron chi connectivity index (χ1n) is 7.92. The summed E-state index contributed by atoms with van der Waals surface area (Å²) in [6.45, 7) is 0. The summed E-state index contributed by atoms with van der Waals surface area (Å²) in [4.78, 5) is 4.73. The lowest BCUT2D eigenvalue weighted by Gasteiger charge is -2.34. The third-order valence-electron chi connectivity index (χ3n) is 5.31. The molecule has 2 aliphatic carbocycles. The predicted molar refractivity (Wildman–Crippen MR) is 79.7 cm³/mol. The largest absolute Gasteiger partial charge is 0.338 e. The Morgan fingerprint density at radius 1 is 0.952 bits per heavy atom. The van der Waals surface area contributed by atoms with Crippen molar-refractivity contribution in [1.82, 2.24) is 10.1 Å². The van der Waals surface area contributed by atoms with Crippen molar-refractivity contribution in [1.29, 1.82) is 0 Å². The standard InChI is InChI=1S/C17H21N3O/c18-17(11-6-12-17)14-19-15(21-20-14)16(9-4-5-10-16)13-7-2-1-3-8-13/h1-3,7-8H,4-6,9-12,18H2. The SMILES string of the molecule is NC1(c2noc(C3(c4ccccc4)CCCC3)n2)CCC1. The number of nitrogens with zero attached hydrogens (tertiary/aromatic N) is 2. The van der Waals surface area contributed by atoms with E-state index in [1.165, 1.54) is 18.4 Å². The van der Waals surface area contributed by atoms with Crippen LogP contribution < -0.4 is 5.73 Å². The van der Waals surface area contributed by atoms with Crippen molar-refractivity contribution >= 4 is 0 Å². The highest BCUT2D eigenvalue weighted by atomic mass is 16.5.